The van der Waals surface area contributed by atoms with E-state index in [-0.39, 0.29) is 11.9 Å². The largest absolute Gasteiger partial charge is 0.497 e. The first-order valence-corrected chi connectivity index (χ1v) is 8.97. The first-order valence-electron chi connectivity index (χ1n) is 8.21. The molecule has 1 fully saturated rings. The number of carbonyl (C=O) groups excluding carboxylic acids is 1. The second kappa shape index (κ2) is 7.98. The van der Waals surface area contributed by atoms with Gasteiger partial charge in [0.05, 0.1) is 7.11 Å². The van der Waals surface area contributed by atoms with Gasteiger partial charge in [0.25, 0.3) is 5.91 Å². The van der Waals surface area contributed by atoms with Gasteiger partial charge in [0.15, 0.2) is 0 Å². The van der Waals surface area contributed by atoms with E-state index >= 15 is 0 Å². The zero-order chi connectivity index (χ0) is 17.8. The first kappa shape index (κ1) is 17.9. The number of nitrogens with one attached hydrogen (secondary N) is 1. The number of halogens is 2. The fraction of sp³-hybridized carbons (Fsp3) is 0.316. The molecule has 0 spiro atoms. The number of methoxy groups -OCH3 is 1. The molecule has 0 unspecified atom stereocenters. The molecule has 1 N–H and O–H groups in total. The molecule has 0 bridgehead atoms. The van der Waals surface area contributed by atoms with Crippen LogP contribution in [0.4, 0.5) is 5.69 Å². The molecule has 0 radical (unpaired) electrons. The Balaban J connectivity index is 1.55. The Labute approximate surface area is 157 Å². The van der Waals surface area contributed by atoms with Crippen molar-refractivity contribution in [3.05, 3.63) is 58.1 Å². The van der Waals surface area contributed by atoms with Gasteiger partial charge in [0.1, 0.15) is 5.75 Å². The van der Waals surface area contributed by atoms with E-state index in [1.165, 1.54) is 5.69 Å². The number of anilines is 1. The van der Waals surface area contributed by atoms with Crippen LogP contribution in [0.15, 0.2) is 42.5 Å². The van der Waals surface area contributed by atoms with Gasteiger partial charge in [-0.25, -0.2) is 0 Å². The second-order valence-corrected chi connectivity index (χ2v) is 6.96. The molecule has 132 valence electrons. The maximum atomic E-state index is 12.4. The van der Waals surface area contributed by atoms with Crippen LogP contribution in [0.25, 0.3) is 0 Å². The summed E-state index contributed by atoms with van der Waals surface area (Å²) in [5.41, 5.74) is 1.67. The summed E-state index contributed by atoms with van der Waals surface area (Å²) in [5.74, 6) is 0.721. The van der Waals surface area contributed by atoms with Crippen LogP contribution in [0.2, 0.25) is 10.0 Å². The number of hydrogen-bond donors (Lipinski definition) is 1. The highest BCUT2D eigenvalue weighted by atomic mass is 35.5. The fourth-order valence-corrected chi connectivity index (χ4v) is 3.55. The molecule has 0 aliphatic carbocycles. The van der Waals surface area contributed by atoms with Crippen LogP contribution >= 0.6 is 23.2 Å². The van der Waals surface area contributed by atoms with Crippen LogP contribution in [0.5, 0.6) is 5.75 Å². The molecule has 1 aliphatic heterocycles. The van der Waals surface area contributed by atoms with Crippen molar-refractivity contribution < 1.29 is 9.53 Å². The Bertz CT molecular complexity index is 721. The Morgan fingerprint density at radius 1 is 1.08 bits per heavy atom. The van der Waals surface area contributed by atoms with Gasteiger partial charge in [0.2, 0.25) is 0 Å². The summed E-state index contributed by atoms with van der Waals surface area (Å²) in [4.78, 5) is 14.7. The smallest absolute Gasteiger partial charge is 0.251 e. The number of rotatable bonds is 4. The third kappa shape index (κ3) is 4.59. The molecule has 1 heterocycles. The number of hydrogen-bond acceptors (Lipinski definition) is 3. The lowest BCUT2D eigenvalue weighted by molar-refractivity contribution is 0.0931. The third-order valence-corrected chi connectivity index (χ3v) is 4.83. The SMILES string of the molecule is COc1ccc(N2CCC(NC(=O)c3cc(Cl)cc(Cl)c3)CC2)cc1. The summed E-state index contributed by atoms with van der Waals surface area (Å²) in [6, 6.07) is 13.1. The van der Waals surface area contributed by atoms with Gasteiger partial charge < -0.3 is 15.0 Å². The molecule has 3 rings (SSSR count). The minimum atomic E-state index is -0.132. The average molecular weight is 379 g/mol. The minimum absolute atomic E-state index is 0.132. The molecule has 2 aromatic carbocycles. The summed E-state index contributed by atoms with van der Waals surface area (Å²) < 4.78 is 5.19. The van der Waals surface area contributed by atoms with Crippen LogP contribution in [0, 0.1) is 0 Å². The van der Waals surface area contributed by atoms with Gasteiger partial charge >= 0.3 is 0 Å². The van der Waals surface area contributed by atoms with Crippen molar-refractivity contribution in [1.82, 2.24) is 5.32 Å². The van der Waals surface area contributed by atoms with E-state index in [2.05, 4.69) is 22.3 Å². The molecule has 0 atom stereocenters. The van der Waals surface area contributed by atoms with E-state index in [9.17, 15) is 4.79 Å². The Morgan fingerprint density at radius 2 is 1.68 bits per heavy atom. The van der Waals surface area contributed by atoms with Gasteiger partial charge in [-0.1, -0.05) is 23.2 Å². The molecule has 4 nitrogen and oxygen atoms in total. The highest BCUT2D eigenvalue weighted by Crippen LogP contribution is 2.23. The summed E-state index contributed by atoms with van der Waals surface area (Å²) in [7, 11) is 1.66. The van der Waals surface area contributed by atoms with Crippen molar-refractivity contribution in [1.29, 1.82) is 0 Å². The monoisotopic (exact) mass is 378 g/mol. The van der Waals surface area contributed by atoms with Crippen LogP contribution in [0.3, 0.4) is 0 Å². The Kier molecular flexibility index (Phi) is 5.71. The molecule has 0 aromatic heterocycles. The average Bonchev–Trinajstić information content (AvgIpc) is 2.61. The summed E-state index contributed by atoms with van der Waals surface area (Å²) in [6.45, 7) is 1.79. The zero-order valence-corrected chi connectivity index (χ0v) is 15.5. The predicted octanol–water partition coefficient (Wildman–Crippen LogP) is 4.40. The van der Waals surface area contributed by atoms with E-state index < -0.39 is 0 Å². The van der Waals surface area contributed by atoms with Gasteiger partial charge in [0, 0.05) is 40.4 Å². The molecule has 2 aromatic rings. The lowest BCUT2D eigenvalue weighted by atomic mass is 10.0. The zero-order valence-electron chi connectivity index (χ0n) is 14.0. The lowest BCUT2D eigenvalue weighted by Gasteiger charge is -2.34. The second-order valence-electron chi connectivity index (χ2n) is 6.09. The Hall–Kier alpha value is -1.91. The van der Waals surface area contributed by atoms with Crippen LogP contribution in [0.1, 0.15) is 23.2 Å². The van der Waals surface area contributed by atoms with Crippen LogP contribution < -0.4 is 15.0 Å². The summed E-state index contributed by atoms with van der Waals surface area (Å²) in [6.07, 6.45) is 1.79. The number of piperidine rings is 1. The molecule has 0 saturated carbocycles. The van der Waals surface area contributed by atoms with E-state index in [1.54, 1.807) is 25.3 Å². The summed E-state index contributed by atoms with van der Waals surface area (Å²) >= 11 is 11.9. The predicted molar refractivity (Wildman–Crippen MR) is 102 cm³/mol. The molecule has 25 heavy (non-hydrogen) atoms. The lowest BCUT2D eigenvalue weighted by Crippen LogP contribution is -2.44. The molecule has 1 saturated heterocycles. The number of amides is 1. The van der Waals surface area contributed by atoms with E-state index in [1.807, 2.05) is 12.1 Å². The van der Waals surface area contributed by atoms with E-state index in [0.29, 0.717) is 15.6 Å². The number of nitrogens with zero attached hydrogens (tertiary/aromatic N) is 1. The van der Waals surface area contributed by atoms with Gasteiger partial charge in [-0.05, 0) is 55.3 Å². The van der Waals surface area contributed by atoms with Gasteiger partial charge in [-0.2, -0.15) is 0 Å². The Morgan fingerprint density at radius 3 is 2.24 bits per heavy atom. The van der Waals surface area contributed by atoms with Gasteiger partial charge in [-0.3, -0.25) is 4.79 Å². The molecule has 6 heteroatoms. The molecule has 1 aliphatic rings. The normalized spacial score (nSPS) is 15.1. The van der Waals surface area contributed by atoms with E-state index in [0.717, 1.165) is 31.7 Å². The van der Waals surface area contributed by atoms with Crippen molar-refractivity contribution in [3.8, 4) is 5.75 Å². The van der Waals surface area contributed by atoms with Crippen molar-refractivity contribution in [2.24, 2.45) is 0 Å². The quantitative estimate of drug-likeness (QED) is 0.856. The third-order valence-electron chi connectivity index (χ3n) is 4.39. The number of benzene rings is 2. The maximum Gasteiger partial charge on any atom is 0.251 e. The highest BCUT2D eigenvalue weighted by molar-refractivity contribution is 6.35. The molecular formula is C19H20Cl2N2O2. The fourth-order valence-electron chi connectivity index (χ4n) is 3.03. The summed E-state index contributed by atoms with van der Waals surface area (Å²) in [5, 5.41) is 4.01. The minimum Gasteiger partial charge on any atom is -0.497 e. The van der Waals surface area contributed by atoms with Crippen molar-refractivity contribution >= 4 is 34.8 Å². The van der Waals surface area contributed by atoms with Gasteiger partial charge in [-0.15, -0.1) is 0 Å². The van der Waals surface area contributed by atoms with Crippen molar-refractivity contribution in [2.75, 3.05) is 25.1 Å². The highest BCUT2D eigenvalue weighted by Gasteiger charge is 2.21. The topological polar surface area (TPSA) is 41.6 Å². The standard InChI is InChI=1S/C19H20Cl2N2O2/c1-25-18-4-2-17(3-5-18)23-8-6-16(7-9-23)22-19(24)13-10-14(20)12-15(21)11-13/h2-5,10-12,16H,6-9H2,1H3,(H,22,24). The van der Waals surface area contributed by atoms with E-state index in [4.69, 9.17) is 27.9 Å². The number of carbonyl (C=O) groups is 1. The maximum absolute atomic E-state index is 12.4. The number of ether oxygens (including phenoxy) is 1. The van der Waals surface area contributed by atoms with Crippen LogP contribution in [-0.2, 0) is 0 Å². The van der Waals surface area contributed by atoms with Crippen LogP contribution in [-0.4, -0.2) is 32.1 Å². The van der Waals surface area contributed by atoms with Crippen molar-refractivity contribution in [2.45, 2.75) is 18.9 Å². The first-order chi connectivity index (χ1) is 12.0. The molecular weight excluding hydrogens is 359 g/mol. The molecule has 1 amide bonds. The van der Waals surface area contributed by atoms with Crippen molar-refractivity contribution in [3.63, 3.8) is 0 Å².